The highest BCUT2D eigenvalue weighted by molar-refractivity contribution is 4.64. The third kappa shape index (κ3) is 11.6. The lowest BCUT2D eigenvalue weighted by molar-refractivity contribution is 0.240. The minimum Gasteiger partial charge on any atom is -0.329 e. The Kier molecular flexibility index (Phi) is 13.7. The van der Waals surface area contributed by atoms with Gasteiger partial charge in [-0.3, -0.25) is 0 Å². The first-order valence-corrected chi connectivity index (χ1v) is 8.47. The number of rotatable bonds is 14. The smallest absolute Gasteiger partial charge is 0.0107 e. The molecule has 20 heavy (non-hydrogen) atoms. The third-order valence-electron chi connectivity index (χ3n) is 3.99. The van der Waals surface area contributed by atoms with Gasteiger partial charge in [-0.25, -0.2) is 0 Å². The van der Waals surface area contributed by atoms with Crippen molar-refractivity contribution in [3.63, 3.8) is 0 Å². The van der Waals surface area contributed by atoms with Crippen LogP contribution in [-0.2, 0) is 0 Å². The summed E-state index contributed by atoms with van der Waals surface area (Å²) in [5, 5.41) is 7.01. The molecule has 0 spiro atoms. The van der Waals surface area contributed by atoms with Crippen molar-refractivity contribution in [3.8, 4) is 0 Å². The third-order valence-corrected chi connectivity index (χ3v) is 3.99. The highest BCUT2D eigenvalue weighted by atomic mass is 15.1. The molecule has 0 bridgehead atoms. The van der Waals surface area contributed by atoms with Crippen molar-refractivity contribution in [1.82, 2.24) is 15.5 Å². The first-order chi connectivity index (χ1) is 9.63. The highest BCUT2D eigenvalue weighted by Gasteiger charge is 2.07. The van der Waals surface area contributed by atoms with Crippen LogP contribution in [0.4, 0.5) is 0 Å². The van der Waals surface area contributed by atoms with Gasteiger partial charge in [-0.15, -0.1) is 0 Å². The molecular weight excluding hydrogens is 248 g/mol. The summed E-state index contributed by atoms with van der Waals surface area (Å²) in [5.41, 5.74) is 5.69. The van der Waals surface area contributed by atoms with Gasteiger partial charge in [-0.2, -0.15) is 0 Å². The molecule has 0 saturated heterocycles. The van der Waals surface area contributed by atoms with Gasteiger partial charge in [0.1, 0.15) is 0 Å². The molecule has 0 aromatic carbocycles. The number of nitrogens with zero attached hydrogens (tertiary/aromatic N) is 1. The van der Waals surface area contributed by atoms with Gasteiger partial charge in [0, 0.05) is 45.8 Å². The topological polar surface area (TPSA) is 53.3 Å². The Balaban J connectivity index is 3.53. The number of nitrogens with one attached hydrogen (secondary N) is 2. The molecule has 0 radical (unpaired) electrons. The first kappa shape index (κ1) is 19.8. The second-order valence-electron chi connectivity index (χ2n) is 6.07. The van der Waals surface area contributed by atoms with Crippen LogP contribution in [0, 0.1) is 11.8 Å². The Morgan fingerprint density at radius 1 is 0.900 bits per heavy atom. The maximum Gasteiger partial charge on any atom is 0.0107 e. The second kappa shape index (κ2) is 13.8. The lowest BCUT2D eigenvalue weighted by atomic mass is 10.1. The monoisotopic (exact) mass is 286 g/mol. The van der Waals surface area contributed by atoms with Crippen LogP contribution < -0.4 is 16.4 Å². The van der Waals surface area contributed by atoms with Crippen molar-refractivity contribution >= 4 is 0 Å². The van der Waals surface area contributed by atoms with Crippen LogP contribution in [-0.4, -0.2) is 57.3 Å². The SMILES string of the molecule is CCC(C)CNCCNCCN(CCN)CC(C)CC. The van der Waals surface area contributed by atoms with Gasteiger partial charge in [0.15, 0.2) is 0 Å². The zero-order valence-electron chi connectivity index (χ0n) is 14.3. The molecule has 0 aliphatic carbocycles. The van der Waals surface area contributed by atoms with E-state index in [0.717, 1.165) is 57.6 Å². The summed E-state index contributed by atoms with van der Waals surface area (Å²) in [7, 11) is 0. The Morgan fingerprint density at radius 3 is 2.15 bits per heavy atom. The molecule has 0 heterocycles. The molecule has 0 rings (SSSR count). The number of nitrogens with two attached hydrogens (primary N) is 1. The Morgan fingerprint density at radius 2 is 1.55 bits per heavy atom. The van der Waals surface area contributed by atoms with Gasteiger partial charge in [-0.05, 0) is 18.4 Å². The van der Waals surface area contributed by atoms with Crippen molar-refractivity contribution in [2.45, 2.75) is 40.5 Å². The molecule has 4 N–H and O–H groups in total. The van der Waals surface area contributed by atoms with E-state index in [9.17, 15) is 0 Å². The molecule has 0 saturated carbocycles. The normalized spacial score (nSPS) is 14.7. The van der Waals surface area contributed by atoms with E-state index >= 15 is 0 Å². The maximum absolute atomic E-state index is 5.69. The molecule has 0 aliphatic rings. The average molecular weight is 287 g/mol. The van der Waals surface area contributed by atoms with Crippen LogP contribution in [0.5, 0.6) is 0 Å². The summed E-state index contributed by atoms with van der Waals surface area (Å²) in [6.07, 6.45) is 2.50. The lowest BCUT2D eigenvalue weighted by Gasteiger charge is -2.24. The van der Waals surface area contributed by atoms with Crippen LogP contribution in [0.2, 0.25) is 0 Å². The average Bonchev–Trinajstić information content (AvgIpc) is 2.45. The zero-order chi connectivity index (χ0) is 15.2. The lowest BCUT2D eigenvalue weighted by Crippen LogP contribution is -2.39. The zero-order valence-corrected chi connectivity index (χ0v) is 14.3. The Labute approximate surface area is 126 Å². The maximum atomic E-state index is 5.69. The fourth-order valence-electron chi connectivity index (χ4n) is 2.08. The summed E-state index contributed by atoms with van der Waals surface area (Å²) in [6.45, 7) is 17.5. The number of hydrogen-bond donors (Lipinski definition) is 3. The second-order valence-corrected chi connectivity index (χ2v) is 6.07. The molecule has 0 amide bonds. The summed E-state index contributed by atoms with van der Waals surface area (Å²) < 4.78 is 0. The quantitative estimate of drug-likeness (QED) is 0.424. The molecule has 2 unspecified atom stereocenters. The molecule has 4 nitrogen and oxygen atoms in total. The molecule has 0 aliphatic heterocycles. The van der Waals surface area contributed by atoms with Gasteiger partial charge in [0.25, 0.3) is 0 Å². The van der Waals surface area contributed by atoms with Crippen molar-refractivity contribution in [2.75, 3.05) is 52.4 Å². The van der Waals surface area contributed by atoms with Crippen molar-refractivity contribution in [2.24, 2.45) is 17.6 Å². The van der Waals surface area contributed by atoms with Crippen LogP contribution >= 0.6 is 0 Å². The van der Waals surface area contributed by atoms with E-state index in [4.69, 9.17) is 5.73 Å². The molecule has 0 fully saturated rings. The van der Waals surface area contributed by atoms with Crippen LogP contribution in [0.15, 0.2) is 0 Å². The van der Waals surface area contributed by atoms with Gasteiger partial charge in [0.05, 0.1) is 0 Å². The summed E-state index contributed by atoms with van der Waals surface area (Å²) in [6, 6.07) is 0. The van der Waals surface area contributed by atoms with E-state index in [-0.39, 0.29) is 0 Å². The molecular formula is C16H38N4. The van der Waals surface area contributed by atoms with Gasteiger partial charge < -0.3 is 21.3 Å². The predicted molar refractivity (Wildman–Crippen MR) is 90.1 cm³/mol. The Bertz CT molecular complexity index is 199. The highest BCUT2D eigenvalue weighted by Crippen LogP contribution is 2.03. The Hall–Kier alpha value is -0.160. The predicted octanol–water partition coefficient (Wildman–Crippen LogP) is 1.52. The van der Waals surface area contributed by atoms with Crippen LogP contribution in [0.25, 0.3) is 0 Å². The van der Waals surface area contributed by atoms with Crippen LogP contribution in [0.3, 0.4) is 0 Å². The fraction of sp³-hybridized carbons (Fsp3) is 1.00. The number of hydrogen-bond acceptors (Lipinski definition) is 4. The summed E-state index contributed by atoms with van der Waals surface area (Å²) >= 11 is 0. The van der Waals surface area contributed by atoms with Crippen LogP contribution in [0.1, 0.15) is 40.5 Å². The van der Waals surface area contributed by atoms with Crippen molar-refractivity contribution in [1.29, 1.82) is 0 Å². The molecule has 4 heteroatoms. The largest absolute Gasteiger partial charge is 0.329 e. The van der Waals surface area contributed by atoms with Gasteiger partial charge in [-0.1, -0.05) is 40.5 Å². The van der Waals surface area contributed by atoms with Gasteiger partial charge in [0.2, 0.25) is 0 Å². The van der Waals surface area contributed by atoms with Crippen molar-refractivity contribution in [3.05, 3.63) is 0 Å². The van der Waals surface area contributed by atoms with E-state index < -0.39 is 0 Å². The molecule has 122 valence electrons. The minimum atomic E-state index is 0.757. The standard InChI is InChI=1S/C16H38N4/c1-5-15(3)13-19-9-8-18-10-12-20(11-7-17)14-16(4)6-2/h15-16,18-19H,5-14,17H2,1-4H3. The molecule has 2 atom stereocenters. The minimum absolute atomic E-state index is 0.757. The van der Waals surface area contributed by atoms with E-state index in [0.29, 0.717) is 0 Å². The summed E-state index contributed by atoms with van der Waals surface area (Å²) in [5.74, 6) is 1.55. The molecule has 0 aromatic heterocycles. The summed E-state index contributed by atoms with van der Waals surface area (Å²) in [4.78, 5) is 2.48. The van der Waals surface area contributed by atoms with Crippen molar-refractivity contribution < 1.29 is 0 Å². The molecule has 0 aromatic rings. The first-order valence-electron chi connectivity index (χ1n) is 8.47. The van der Waals surface area contributed by atoms with E-state index in [1.165, 1.54) is 19.4 Å². The van der Waals surface area contributed by atoms with E-state index in [1.54, 1.807) is 0 Å². The van der Waals surface area contributed by atoms with E-state index in [1.807, 2.05) is 0 Å². The van der Waals surface area contributed by atoms with E-state index in [2.05, 4.69) is 43.2 Å². The van der Waals surface area contributed by atoms with Gasteiger partial charge >= 0.3 is 0 Å². The fourth-order valence-corrected chi connectivity index (χ4v) is 2.08.